The zero-order valence-electron chi connectivity index (χ0n) is 15.6. The van der Waals surface area contributed by atoms with Crippen molar-refractivity contribution in [1.29, 1.82) is 0 Å². The molecule has 0 aliphatic heterocycles. The lowest BCUT2D eigenvalue weighted by Crippen LogP contribution is -2.16. The number of benzene rings is 1. The van der Waals surface area contributed by atoms with E-state index in [4.69, 9.17) is 0 Å². The fourth-order valence-electron chi connectivity index (χ4n) is 2.47. The van der Waals surface area contributed by atoms with Crippen molar-refractivity contribution >= 4 is 23.2 Å². The summed E-state index contributed by atoms with van der Waals surface area (Å²) in [5.41, 5.74) is 3.66. The van der Waals surface area contributed by atoms with Crippen molar-refractivity contribution in [2.45, 2.75) is 13.5 Å². The summed E-state index contributed by atoms with van der Waals surface area (Å²) in [5, 5.41) is 5.98. The number of rotatable bonds is 6. The molecule has 27 heavy (non-hydrogen) atoms. The van der Waals surface area contributed by atoms with E-state index in [1.54, 1.807) is 12.3 Å². The van der Waals surface area contributed by atoms with Gasteiger partial charge in [-0.3, -0.25) is 9.78 Å². The predicted molar refractivity (Wildman–Crippen MR) is 107 cm³/mol. The van der Waals surface area contributed by atoms with Crippen molar-refractivity contribution in [3.8, 4) is 0 Å². The number of amides is 1. The lowest BCUT2D eigenvalue weighted by Gasteiger charge is -2.13. The average molecular weight is 362 g/mol. The van der Waals surface area contributed by atoms with Gasteiger partial charge in [0.15, 0.2) is 0 Å². The van der Waals surface area contributed by atoms with E-state index < -0.39 is 0 Å². The minimum atomic E-state index is -0.279. The van der Waals surface area contributed by atoms with Crippen LogP contribution in [0.5, 0.6) is 0 Å². The van der Waals surface area contributed by atoms with Crippen LogP contribution in [-0.2, 0) is 6.54 Å². The molecule has 0 radical (unpaired) electrons. The Labute approximate surface area is 158 Å². The molecule has 0 aliphatic carbocycles. The second-order valence-electron chi connectivity index (χ2n) is 6.29. The number of nitrogens with zero attached hydrogens (tertiary/aromatic N) is 4. The maximum Gasteiger partial charge on any atom is 0.274 e. The Hall–Kier alpha value is -3.48. The Morgan fingerprint density at radius 3 is 2.52 bits per heavy atom. The van der Waals surface area contributed by atoms with Gasteiger partial charge in [-0.05, 0) is 49.4 Å². The third kappa shape index (κ3) is 5.01. The Bertz CT molecular complexity index is 910. The smallest absolute Gasteiger partial charge is 0.274 e. The molecule has 0 bridgehead atoms. The predicted octanol–water partition coefficient (Wildman–Crippen LogP) is 3.11. The van der Waals surface area contributed by atoms with Crippen LogP contribution in [0.15, 0.2) is 54.7 Å². The summed E-state index contributed by atoms with van der Waals surface area (Å²) in [6, 6.07) is 15.0. The minimum Gasteiger partial charge on any atom is -0.378 e. The summed E-state index contributed by atoms with van der Waals surface area (Å²) in [5.74, 6) is 0.118. The van der Waals surface area contributed by atoms with Crippen LogP contribution in [0.1, 0.15) is 21.9 Å². The van der Waals surface area contributed by atoms with Crippen molar-refractivity contribution < 1.29 is 4.79 Å². The molecule has 0 spiro atoms. The molecule has 0 aliphatic rings. The number of anilines is 3. The molecule has 1 aromatic carbocycles. The Morgan fingerprint density at radius 1 is 1.07 bits per heavy atom. The van der Waals surface area contributed by atoms with Gasteiger partial charge in [-0.25, -0.2) is 9.97 Å². The van der Waals surface area contributed by atoms with Crippen molar-refractivity contribution in [1.82, 2.24) is 15.0 Å². The molecule has 0 saturated heterocycles. The number of carbonyl (C=O) groups excluding carboxylic acids is 1. The molecule has 7 heteroatoms. The first-order valence-electron chi connectivity index (χ1n) is 8.59. The minimum absolute atomic E-state index is 0.279. The highest BCUT2D eigenvalue weighted by Gasteiger charge is 2.11. The van der Waals surface area contributed by atoms with Crippen LogP contribution in [0.3, 0.4) is 0 Å². The number of hydrogen-bond acceptors (Lipinski definition) is 6. The second-order valence-corrected chi connectivity index (χ2v) is 6.29. The van der Waals surface area contributed by atoms with Gasteiger partial charge < -0.3 is 15.5 Å². The van der Waals surface area contributed by atoms with Crippen molar-refractivity contribution in [2.75, 3.05) is 29.6 Å². The molecule has 0 saturated carbocycles. The molecule has 1 amide bonds. The Morgan fingerprint density at radius 2 is 1.85 bits per heavy atom. The summed E-state index contributed by atoms with van der Waals surface area (Å²) in [4.78, 5) is 27.5. The van der Waals surface area contributed by atoms with E-state index in [0.29, 0.717) is 29.6 Å². The highest BCUT2D eigenvalue weighted by atomic mass is 16.1. The first kappa shape index (κ1) is 18.3. The van der Waals surface area contributed by atoms with Gasteiger partial charge in [-0.15, -0.1) is 0 Å². The van der Waals surface area contributed by atoms with E-state index in [1.165, 1.54) is 0 Å². The van der Waals surface area contributed by atoms with Gasteiger partial charge in [-0.2, -0.15) is 0 Å². The fraction of sp³-hybridized carbons (Fsp3) is 0.200. The molecule has 138 valence electrons. The zero-order chi connectivity index (χ0) is 19.2. The summed E-state index contributed by atoms with van der Waals surface area (Å²) in [6.07, 6.45) is 1.73. The van der Waals surface area contributed by atoms with E-state index in [-0.39, 0.29) is 5.91 Å². The van der Waals surface area contributed by atoms with Gasteiger partial charge in [0.05, 0.1) is 12.2 Å². The van der Waals surface area contributed by atoms with Gasteiger partial charge in [0.2, 0.25) is 5.95 Å². The van der Waals surface area contributed by atoms with Crippen LogP contribution >= 0.6 is 0 Å². The monoisotopic (exact) mass is 362 g/mol. The maximum absolute atomic E-state index is 12.6. The van der Waals surface area contributed by atoms with E-state index in [9.17, 15) is 4.79 Å². The van der Waals surface area contributed by atoms with E-state index in [1.807, 2.05) is 68.4 Å². The number of aromatic nitrogens is 3. The van der Waals surface area contributed by atoms with Crippen molar-refractivity contribution in [3.05, 3.63) is 71.8 Å². The van der Waals surface area contributed by atoms with Crippen LogP contribution in [0.2, 0.25) is 0 Å². The Kier molecular flexibility index (Phi) is 5.61. The number of hydrogen-bond donors (Lipinski definition) is 2. The number of nitrogens with one attached hydrogen (secondary N) is 2. The molecular formula is C20H22N6O. The third-order valence-electron chi connectivity index (χ3n) is 3.88. The summed E-state index contributed by atoms with van der Waals surface area (Å²) >= 11 is 0. The van der Waals surface area contributed by atoms with Gasteiger partial charge in [-0.1, -0.05) is 6.07 Å². The Balaban J connectivity index is 1.69. The first-order valence-corrected chi connectivity index (χ1v) is 8.59. The van der Waals surface area contributed by atoms with Crippen LogP contribution in [0.25, 0.3) is 0 Å². The molecular weight excluding hydrogens is 340 g/mol. The molecule has 0 fully saturated rings. The van der Waals surface area contributed by atoms with E-state index >= 15 is 0 Å². The molecule has 0 atom stereocenters. The quantitative estimate of drug-likeness (QED) is 0.701. The van der Waals surface area contributed by atoms with Gasteiger partial charge in [0, 0.05) is 37.4 Å². The molecule has 3 aromatic rings. The van der Waals surface area contributed by atoms with Gasteiger partial charge in [0.1, 0.15) is 5.69 Å². The van der Waals surface area contributed by atoms with Gasteiger partial charge in [0.25, 0.3) is 5.91 Å². The fourth-order valence-corrected chi connectivity index (χ4v) is 2.47. The van der Waals surface area contributed by atoms with Crippen LogP contribution < -0.4 is 15.5 Å². The molecule has 2 heterocycles. The number of aryl methyl sites for hydroxylation is 1. The molecule has 2 aromatic heterocycles. The standard InChI is InChI=1S/C20H22N6O/c1-14-12-18(19(27)24-15-7-9-17(10-8-15)26(2)3)25-20(23-14)22-13-16-6-4-5-11-21-16/h4-12H,13H2,1-3H3,(H,24,27)(H,22,23,25). The molecule has 7 nitrogen and oxygen atoms in total. The highest BCUT2D eigenvalue weighted by molar-refractivity contribution is 6.03. The average Bonchev–Trinajstić information content (AvgIpc) is 2.67. The first-order chi connectivity index (χ1) is 13.0. The third-order valence-corrected chi connectivity index (χ3v) is 3.88. The van der Waals surface area contributed by atoms with Crippen molar-refractivity contribution in [2.24, 2.45) is 0 Å². The van der Waals surface area contributed by atoms with E-state index in [2.05, 4.69) is 25.6 Å². The lowest BCUT2D eigenvalue weighted by atomic mass is 10.2. The van der Waals surface area contributed by atoms with Crippen molar-refractivity contribution in [3.63, 3.8) is 0 Å². The number of carbonyl (C=O) groups is 1. The second kappa shape index (κ2) is 8.27. The highest BCUT2D eigenvalue weighted by Crippen LogP contribution is 2.16. The summed E-state index contributed by atoms with van der Waals surface area (Å²) < 4.78 is 0. The number of pyridine rings is 1. The SMILES string of the molecule is Cc1cc(C(=O)Nc2ccc(N(C)C)cc2)nc(NCc2ccccn2)n1. The molecule has 3 rings (SSSR count). The van der Waals surface area contributed by atoms with Crippen LogP contribution in [-0.4, -0.2) is 35.0 Å². The molecule has 0 unspecified atom stereocenters. The summed E-state index contributed by atoms with van der Waals surface area (Å²) in [7, 11) is 3.94. The lowest BCUT2D eigenvalue weighted by molar-refractivity contribution is 0.102. The summed E-state index contributed by atoms with van der Waals surface area (Å²) in [6.45, 7) is 2.31. The topological polar surface area (TPSA) is 83.0 Å². The van der Waals surface area contributed by atoms with Gasteiger partial charge >= 0.3 is 0 Å². The van der Waals surface area contributed by atoms with E-state index in [0.717, 1.165) is 11.4 Å². The van der Waals surface area contributed by atoms with Crippen LogP contribution in [0, 0.1) is 6.92 Å². The maximum atomic E-state index is 12.6. The zero-order valence-corrected chi connectivity index (χ0v) is 15.6. The molecule has 2 N–H and O–H groups in total. The largest absolute Gasteiger partial charge is 0.378 e. The normalized spacial score (nSPS) is 10.3. The van der Waals surface area contributed by atoms with Crippen LogP contribution in [0.4, 0.5) is 17.3 Å².